The molecule has 1 atom stereocenters. The summed E-state index contributed by atoms with van der Waals surface area (Å²) in [5.74, 6) is 0.859. The number of rotatable bonds is 0. The summed E-state index contributed by atoms with van der Waals surface area (Å²) in [4.78, 5) is 0. The molecule has 0 amide bonds. The Bertz CT molecular complexity index is 412. The number of nitrogens with zero attached hydrogens (tertiary/aromatic N) is 2. The first kappa shape index (κ1) is 6.51. The van der Waals surface area contributed by atoms with Crippen molar-refractivity contribution in [2.24, 2.45) is 0 Å². The summed E-state index contributed by atoms with van der Waals surface area (Å²) < 4.78 is 27.6. The van der Waals surface area contributed by atoms with Gasteiger partial charge in [0.05, 0.1) is 0 Å². The molecule has 2 aliphatic rings. The van der Waals surface area contributed by atoms with Crippen molar-refractivity contribution in [1.82, 2.24) is 9.78 Å². The highest BCUT2D eigenvalue weighted by Crippen LogP contribution is 2.62. The third-order valence-electron chi connectivity index (χ3n) is 1.77. The van der Waals surface area contributed by atoms with E-state index in [1.165, 1.54) is 4.68 Å². The molecule has 2 bridgehead atoms. The molecule has 2 aliphatic heterocycles. The molecule has 1 unspecified atom stereocenters. The number of phosphoric ester groups is 1. The molecule has 3 rings (SSSR count). The Morgan fingerprint density at radius 2 is 2.42 bits per heavy atom. The van der Waals surface area contributed by atoms with Crippen LogP contribution in [0.2, 0.25) is 0 Å². The highest BCUT2D eigenvalue weighted by Gasteiger charge is 2.47. The van der Waals surface area contributed by atoms with E-state index in [2.05, 4.69) is 5.10 Å². The van der Waals surface area contributed by atoms with Gasteiger partial charge in [-0.05, 0) is 6.92 Å². The van der Waals surface area contributed by atoms with E-state index >= 15 is 0 Å². The molecule has 1 aromatic rings. The van der Waals surface area contributed by atoms with Crippen molar-refractivity contribution >= 4 is 7.82 Å². The second-order valence-electron chi connectivity index (χ2n) is 2.61. The summed E-state index contributed by atoms with van der Waals surface area (Å²) in [5.41, 5.74) is 0.672. The Labute approximate surface area is 67.6 Å². The molecule has 0 fully saturated rings. The van der Waals surface area contributed by atoms with Gasteiger partial charge in [0.2, 0.25) is 5.75 Å². The van der Waals surface area contributed by atoms with E-state index in [0.717, 1.165) is 0 Å². The third-order valence-corrected chi connectivity index (χ3v) is 3.00. The van der Waals surface area contributed by atoms with Crippen LogP contribution in [0.3, 0.4) is 0 Å². The van der Waals surface area contributed by atoms with E-state index in [9.17, 15) is 4.57 Å². The van der Waals surface area contributed by atoms with Gasteiger partial charge in [0.25, 0.3) is 5.88 Å². The normalized spacial score (nSPS) is 29.8. The third kappa shape index (κ3) is 0.599. The fraction of sp³-hybridized carbons (Fsp3) is 0.400. The molecule has 0 saturated heterocycles. The molecule has 7 heteroatoms. The average molecular weight is 188 g/mol. The number of fused-ring (bicyclic) bond motifs is 1. The lowest BCUT2D eigenvalue weighted by Crippen LogP contribution is -2.13. The summed E-state index contributed by atoms with van der Waals surface area (Å²) in [6, 6.07) is 0. The summed E-state index contributed by atoms with van der Waals surface area (Å²) in [5, 5.41) is 4.04. The zero-order chi connectivity index (χ0) is 8.34. The molecular weight excluding hydrogens is 183 g/mol. The fourth-order valence-electron chi connectivity index (χ4n) is 1.24. The molecule has 3 heterocycles. The van der Waals surface area contributed by atoms with Crippen LogP contribution in [-0.4, -0.2) is 9.78 Å². The Kier molecular flexibility index (Phi) is 0.908. The lowest BCUT2D eigenvalue weighted by Gasteiger charge is -2.15. The van der Waals surface area contributed by atoms with Crippen molar-refractivity contribution in [3.63, 3.8) is 0 Å². The lowest BCUT2D eigenvalue weighted by molar-refractivity contribution is 0.133. The van der Waals surface area contributed by atoms with E-state index in [0.29, 0.717) is 17.3 Å². The molecule has 0 saturated carbocycles. The summed E-state index contributed by atoms with van der Waals surface area (Å²) in [6.07, 6.45) is 0. The van der Waals surface area contributed by atoms with Crippen LogP contribution >= 0.6 is 7.82 Å². The van der Waals surface area contributed by atoms with E-state index in [4.69, 9.17) is 13.6 Å². The molecule has 12 heavy (non-hydrogen) atoms. The first-order chi connectivity index (χ1) is 5.68. The van der Waals surface area contributed by atoms with Gasteiger partial charge in [0.1, 0.15) is 5.69 Å². The van der Waals surface area contributed by atoms with Gasteiger partial charge in [-0.2, -0.15) is 5.10 Å². The predicted octanol–water partition coefficient (Wildman–Crippen LogP) is 1.06. The smallest absolute Gasteiger partial charge is 0.387 e. The maximum atomic E-state index is 11.4. The molecule has 0 radical (unpaired) electrons. The van der Waals surface area contributed by atoms with Crippen LogP contribution in [-0.2, 0) is 15.8 Å². The topological polar surface area (TPSA) is 62.6 Å². The average Bonchev–Trinajstić information content (AvgIpc) is 2.43. The van der Waals surface area contributed by atoms with Crippen molar-refractivity contribution in [1.29, 1.82) is 0 Å². The number of hydrogen-bond donors (Lipinski definition) is 0. The van der Waals surface area contributed by atoms with Gasteiger partial charge in [0.15, 0.2) is 6.73 Å². The molecule has 64 valence electrons. The van der Waals surface area contributed by atoms with Crippen LogP contribution in [0.1, 0.15) is 5.69 Å². The van der Waals surface area contributed by atoms with Crippen molar-refractivity contribution in [3.8, 4) is 11.6 Å². The van der Waals surface area contributed by atoms with Gasteiger partial charge in [-0.1, -0.05) is 0 Å². The highest BCUT2D eigenvalue weighted by atomic mass is 31.2. The van der Waals surface area contributed by atoms with Crippen LogP contribution in [0.15, 0.2) is 0 Å². The van der Waals surface area contributed by atoms with Crippen LogP contribution in [0, 0.1) is 6.92 Å². The van der Waals surface area contributed by atoms with Gasteiger partial charge in [-0.3, -0.25) is 0 Å². The minimum atomic E-state index is -3.30. The second kappa shape index (κ2) is 1.67. The van der Waals surface area contributed by atoms with Crippen molar-refractivity contribution in [2.75, 3.05) is 0 Å². The molecule has 1 aromatic heterocycles. The number of aryl methyl sites for hydroxylation is 1. The summed E-state index contributed by atoms with van der Waals surface area (Å²) >= 11 is 0. The number of hydrogen-bond acceptors (Lipinski definition) is 5. The zero-order valence-corrected chi connectivity index (χ0v) is 7.08. The molecule has 0 aliphatic carbocycles. The molecule has 0 N–H and O–H groups in total. The van der Waals surface area contributed by atoms with Gasteiger partial charge in [0, 0.05) is 0 Å². The van der Waals surface area contributed by atoms with Crippen LogP contribution in [0.5, 0.6) is 11.6 Å². The Morgan fingerprint density at radius 1 is 1.58 bits per heavy atom. The van der Waals surface area contributed by atoms with Gasteiger partial charge in [-0.25, -0.2) is 13.8 Å². The van der Waals surface area contributed by atoms with Crippen molar-refractivity contribution < 1.29 is 18.1 Å². The predicted molar refractivity (Wildman–Crippen MR) is 36.9 cm³/mol. The fourth-order valence-corrected chi connectivity index (χ4v) is 2.46. The Hall–Kier alpha value is -1.00. The first-order valence-electron chi connectivity index (χ1n) is 3.39. The van der Waals surface area contributed by atoms with Crippen LogP contribution < -0.4 is 9.05 Å². The molecule has 0 aromatic carbocycles. The summed E-state index contributed by atoms with van der Waals surface area (Å²) in [6.45, 7) is 1.90. The SMILES string of the molecule is Cc1nn2c3c1OP(=O)(OC2)O3. The zero-order valence-electron chi connectivity index (χ0n) is 6.18. The minimum absolute atomic E-state index is 0.132. The highest BCUT2D eigenvalue weighted by molar-refractivity contribution is 7.49. The maximum Gasteiger partial charge on any atom is 0.591 e. The quantitative estimate of drug-likeness (QED) is 0.569. The largest absolute Gasteiger partial charge is 0.591 e. The standard InChI is InChI=1S/C5H5N2O4P/c1-3-4-5-7(6-3)2-9-12(8,10-4)11-5/h2H2,1H3. The van der Waals surface area contributed by atoms with Crippen LogP contribution in [0.25, 0.3) is 0 Å². The Balaban J connectivity index is 2.32. The van der Waals surface area contributed by atoms with E-state index in [-0.39, 0.29) is 6.73 Å². The second-order valence-corrected chi connectivity index (χ2v) is 4.12. The van der Waals surface area contributed by atoms with E-state index in [1.807, 2.05) is 0 Å². The molecule has 6 nitrogen and oxygen atoms in total. The molecule has 0 spiro atoms. The van der Waals surface area contributed by atoms with E-state index < -0.39 is 7.82 Å². The van der Waals surface area contributed by atoms with Gasteiger partial charge < -0.3 is 9.05 Å². The van der Waals surface area contributed by atoms with Gasteiger partial charge >= 0.3 is 7.82 Å². The maximum absolute atomic E-state index is 11.4. The van der Waals surface area contributed by atoms with E-state index in [1.54, 1.807) is 6.92 Å². The lowest BCUT2D eigenvalue weighted by atomic mass is 10.4. The van der Waals surface area contributed by atoms with Gasteiger partial charge in [-0.15, -0.1) is 0 Å². The monoisotopic (exact) mass is 188 g/mol. The van der Waals surface area contributed by atoms with Crippen molar-refractivity contribution in [3.05, 3.63) is 5.69 Å². The molecular formula is C5H5N2O4P. The van der Waals surface area contributed by atoms with Crippen LogP contribution in [0.4, 0.5) is 0 Å². The Morgan fingerprint density at radius 3 is 3.25 bits per heavy atom. The number of aromatic nitrogens is 2. The number of phosphoric acid groups is 1. The minimum Gasteiger partial charge on any atom is -0.387 e. The van der Waals surface area contributed by atoms with Crippen molar-refractivity contribution in [2.45, 2.75) is 13.7 Å². The summed E-state index contributed by atoms with van der Waals surface area (Å²) in [7, 11) is -3.30. The first-order valence-corrected chi connectivity index (χ1v) is 4.85.